The minimum atomic E-state index is -4.38. The maximum Gasteiger partial charge on any atom is 0.398 e. The van der Waals surface area contributed by atoms with E-state index in [1.54, 1.807) is 0 Å². The summed E-state index contributed by atoms with van der Waals surface area (Å²) >= 11 is 6.40. The van der Waals surface area contributed by atoms with E-state index in [1.807, 2.05) is 12.1 Å². The summed E-state index contributed by atoms with van der Waals surface area (Å²) in [4.78, 5) is 24.1. The van der Waals surface area contributed by atoms with Crippen LogP contribution in [0.25, 0.3) is 0 Å². The first kappa shape index (κ1) is 22.4. The summed E-state index contributed by atoms with van der Waals surface area (Å²) in [5, 5.41) is 10.8. The number of hydrogen-bond donors (Lipinski definition) is 0. The second-order valence-corrected chi connectivity index (χ2v) is 12.0. The Kier molecular flexibility index (Phi) is 5.89. The van der Waals surface area contributed by atoms with Crippen LogP contribution >= 0.6 is 67.8 Å². The zero-order chi connectivity index (χ0) is 21.2. The minimum Gasteiger partial charge on any atom is -0.542 e. The summed E-state index contributed by atoms with van der Waals surface area (Å²) in [6.45, 7) is 0. The number of carbonyl (C=O) groups is 2. The number of ether oxygens (including phenoxy) is 2. The van der Waals surface area contributed by atoms with Gasteiger partial charge >= 0.3 is 12.1 Å². The topological polar surface area (TPSA) is 75.7 Å². The van der Waals surface area contributed by atoms with Crippen molar-refractivity contribution in [1.82, 2.24) is 0 Å². The van der Waals surface area contributed by atoms with Crippen molar-refractivity contribution in [3.05, 3.63) is 22.8 Å². The molecule has 4 bridgehead atoms. The first-order chi connectivity index (χ1) is 13.4. The quantitative estimate of drug-likeness (QED) is 0.258. The van der Waals surface area contributed by atoms with Crippen LogP contribution in [0.3, 0.4) is 0 Å². The van der Waals surface area contributed by atoms with Crippen molar-refractivity contribution in [3.8, 4) is 5.75 Å². The van der Waals surface area contributed by atoms with Crippen LogP contribution in [0.5, 0.6) is 5.75 Å². The van der Waals surface area contributed by atoms with Gasteiger partial charge in [0, 0.05) is 3.57 Å². The van der Waals surface area contributed by atoms with E-state index in [-0.39, 0.29) is 18.3 Å². The highest BCUT2D eigenvalue weighted by atomic mass is 127. The molecule has 0 N–H and O–H groups in total. The molecule has 4 fully saturated rings. The SMILES string of the molecule is O=C(Oc1c(I)cc(I)cc1I)C12CC3CC(CC(OC(F)(F)C(=O)[O-])(C3)C1)C2. The molecule has 0 saturated heterocycles. The van der Waals surface area contributed by atoms with Crippen LogP contribution < -0.4 is 9.84 Å². The Morgan fingerprint density at radius 1 is 1.07 bits per heavy atom. The average Bonchev–Trinajstić information content (AvgIpc) is 2.55. The van der Waals surface area contributed by atoms with Crippen molar-refractivity contribution in [1.29, 1.82) is 0 Å². The Bertz CT molecular complexity index is 854. The van der Waals surface area contributed by atoms with E-state index >= 15 is 0 Å². The van der Waals surface area contributed by atoms with Crippen molar-refractivity contribution in [2.45, 2.75) is 50.2 Å². The van der Waals surface area contributed by atoms with Crippen LogP contribution in [-0.2, 0) is 14.3 Å². The highest BCUT2D eigenvalue weighted by Crippen LogP contribution is 2.64. The molecule has 29 heavy (non-hydrogen) atoms. The standard InChI is InChI=1S/C19H17F2I3O5/c20-19(21,15(25)26)29-18-6-9-1-10(7-18)5-17(4-9,8-18)16(27)28-14-12(23)2-11(22)3-13(14)24/h2-3,9-10H,1,4-8H2,(H,25,26)/p-1. The fourth-order valence-electron chi connectivity index (χ4n) is 5.68. The van der Waals surface area contributed by atoms with Crippen molar-refractivity contribution < 1.29 is 33.0 Å². The highest BCUT2D eigenvalue weighted by Gasteiger charge is 2.64. The number of carboxylic acids is 1. The third-order valence-corrected chi connectivity index (χ3v) is 8.41. The number of rotatable bonds is 5. The van der Waals surface area contributed by atoms with E-state index in [9.17, 15) is 23.5 Å². The molecule has 0 aromatic heterocycles. The molecule has 1 aromatic carbocycles. The predicted octanol–water partition coefficient (Wildman–Crippen LogP) is 4.10. The maximum absolute atomic E-state index is 13.9. The van der Waals surface area contributed by atoms with Crippen LogP contribution in [0.2, 0.25) is 0 Å². The van der Waals surface area contributed by atoms with Gasteiger partial charge in [0.25, 0.3) is 0 Å². The zero-order valence-corrected chi connectivity index (χ0v) is 21.5. The fourth-order valence-corrected chi connectivity index (χ4v) is 9.48. The van der Waals surface area contributed by atoms with E-state index in [1.165, 1.54) is 0 Å². The Hall–Kier alpha value is 0.170. The van der Waals surface area contributed by atoms with Crippen LogP contribution in [0.4, 0.5) is 8.78 Å². The van der Waals surface area contributed by atoms with Crippen LogP contribution in [0.1, 0.15) is 38.5 Å². The van der Waals surface area contributed by atoms with Gasteiger partial charge < -0.3 is 19.4 Å². The van der Waals surface area contributed by atoms with E-state index in [4.69, 9.17) is 9.47 Å². The Labute approximate surface area is 207 Å². The lowest BCUT2D eigenvalue weighted by Gasteiger charge is -2.60. The third kappa shape index (κ3) is 4.15. The number of benzene rings is 1. The maximum atomic E-state index is 13.9. The van der Waals surface area contributed by atoms with Crippen LogP contribution in [0.15, 0.2) is 12.1 Å². The molecule has 0 amide bonds. The molecule has 5 nitrogen and oxygen atoms in total. The predicted molar refractivity (Wildman–Crippen MR) is 121 cm³/mol. The number of alkyl halides is 2. The summed E-state index contributed by atoms with van der Waals surface area (Å²) in [5.41, 5.74) is -2.26. The van der Waals surface area contributed by atoms with E-state index in [0.717, 1.165) is 17.1 Å². The second kappa shape index (κ2) is 7.64. The van der Waals surface area contributed by atoms with Gasteiger partial charge in [0.05, 0.1) is 18.2 Å². The van der Waals surface area contributed by atoms with Gasteiger partial charge in [-0.1, -0.05) is 0 Å². The monoisotopic (exact) mass is 743 g/mol. The normalized spacial score (nSPS) is 33.0. The summed E-state index contributed by atoms with van der Waals surface area (Å²) in [6, 6.07) is 3.80. The molecule has 1 aromatic rings. The molecule has 2 atom stereocenters. The summed E-state index contributed by atoms with van der Waals surface area (Å²) in [6.07, 6.45) is -1.71. The first-order valence-electron chi connectivity index (χ1n) is 9.10. The average molecular weight is 743 g/mol. The summed E-state index contributed by atoms with van der Waals surface area (Å²) < 4.78 is 41.0. The number of halogens is 5. The van der Waals surface area contributed by atoms with Crippen molar-refractivity contribution in [2.75, 3.05) is 0 Å². The van der Waals surface area contributed by atoms with Gasteiger partial charge in [-0.3, -0.25) is 4.79 Å². The molecule has 0 heterocycles. The highest BCUT2D eigenvalue weighted by molar-refractivity contribution is 14.1. The number of hydrogen-bond acceptors (Lipinski definition) is 5. The molecule has 2 unspecified atom stereocenters. The van der Waals surface area contributed by atoms with Gasteiger partial charge in [-0.25, -0.2) is 0 Å². The fraction of sp³-hybridized carbons (Fsp3) is 0.579. The number of carbonyl (C=O) groups excluding carboxylic acids is 2. The molecule has 4 aliphatic rings. The van der Waals surface area contributed by atoms with Gasteiger partial charge in [-0.05, 0) is 130 Å². The molecule has 4 aliphatic carbocycles. The summed E-state index contributed by atoms with van der Waals surface area (Å²) in [7, 11) is 0. The molecular formula is C19H16F2I3O5-. The third-order valence-electron chi connectivity index (χ3n) is 6.18. The van der Waals surface area contributed by atoms with Crippen LogP contribution in [0, 0.1) is 28.0 Å². The van der Waals surface area contributed by atoms with E-state index in [0.29, 0.717) is 31.4 Å². The lowest BCUT2D eigenvalue weighted by atomic mass is 9.48. The molecule has 0 aliphatic heterocycles. The van der Waals surface area contributed by atoms with Gasteiger partial charge in [0.15, 0.2) is 5.75 Å². The largest absolute Gasteiger partial charge is 0.542 e. The van der Waals surface area contributed by atoms with Gasteiger partial charge in [-0.2, -0.15) is 8.78 Å². The number of carboxylic acid groups (broad SMARTS) is 1. The number of aliphatic carboxylic acids is 1. The Balaban J connectivity index is 1.62. The first-order valence-corrected chi connectivity index (χ1v) is 12.3. The van der Waals surface area contributed by atoms with Crippen molar-refractivity contribution >= 4 is 79.7 Å². The lowest BCUT2D eigenvalue weighted by molar-refractivity contribution is -0.387. The van der Waals surface area contributed by atoms with Gasteiger partial charge in [0.2, 0.25) is 0 Å². The molecule has 158 valence electrons. The minimum absolute atomic E-state index is 0.0382. The van der Waals surface area contributed by atoms with Gasteiger partial charge in [0.1, 0.15) is 5.97 Å². The van der Waals surface area contributed by atoms with E-state index < -0.39 is 29.1 Å². The molecule has 0 spiro atoms. The van der Waals surface area contributed by atoms with Crippen molar-refractivity contribution in [3.63, 3.8) is 0 Å². The Morgan fingerprint density at radius 2 is 1.62 bits per heavy atom. The Morgan fingerprint density at radius 3 is 2.14 bits per heavy atom. The summed E-state index contributed by atoms with van der Waals surface area (Å²) in [5.74, 6) is -2.43. The molecule has 4 saturated carbocycles. The molecule has 10 heteroatoms. The van der Waals surface area contributed by atoms with Crippen LogP contribution in [-0.4, -0.2) is 23.6 Å². The van der Waals surface area contributed by atoms with Gasteiger partial charge in [-0.15, -0.1) is 0 Å². The second-order valence-electron chi connectivity index (χ2n) is 8.42. The molecule has 0 radical (unpaired) electrons. The number of esters is 1. The molecular weight excluding hydrogens is 727 g/mol. The van der Waals surface area contributed by atoms with Crippen molar-refractivity contribution in [2.24, 2.45) is 17.3 Å². The van der Waals surface area contributed by atoms with E-state index in [2.05, 4.69) is 67.8 Å². The zero-order valence-electron chi connectivity index (χ0n) is 15.0. The smallest absolute Gasteiger partial charge is 0.398 e. The molecule has 5 rings (SSSR count). The lowest BCUT2D eigenvalue weighted by Crippen LogP contribution is -2.62.